The van der Waals surface area contributed by atoms with E-state index in [0.717, 1.165) is 0 Å². The van der Waals surface area contributed by atoms with Crippen LogP contribution in [0, 0.1) is 0 Å². The molecule has 3 heterocycles. The lowest BCUT2D eigenvalue weighted by atomic mass is 10.3. The Balaban J connectivity index is 1.67. The maximum Gasteiger partial charge on any atom is 0.341 e. The number of aromatic nitrogens is 3. The Labute approximate surface area is 186 Å². The number of hydrogen-bond acceptors (Lipinski definition) is 9. The molecule has 164 valence electrons. The van der Waals surface area contributed by atoms with Crippen molar-refractivity contribution in [1.82, 2.24) is 14.8 Å². The molecule has 0 fully saturated rings. The van der Waals surface area contributed by atoms with Gasteiger partial charge in [-0.05, 0) is 30.5 Å². The Morgan fingerprint density at radius 3 is 2.87 bits per heavy atom. The molecule has 10 nitrogen and oxygen atoms in total. The number of esters is 1. The predicted octanol–water partition coefficient (Wildman–Crippen LogP) is 2.31. The Hall–Kier alpha value is -3.12. The van der Waals surface area contributed by atoms with Crippen LogP contribution in [0.1, 0.15) is 35.3 Å². The third-order valence-corrected chi connectivity index (χ3v) is 5.82. The minimum absolute atomic E-state index is 0.0479. The summed E-state index contributed by atoms with van der Waals surface area (Å²) in [5, 5.41) is 13.7. The van der Waals surface area contributed by atoms with E-state index in [0.29, 0.717) is 40.3 Å². The molecule has 3 N–H and O–H groups in total. The minimum Gasteiger partial charge on any atom is -0.467 e. The fourth-order valence-electron chi connectivity index (χ4n) is 2.63. The zero-order valence-electron chi connectivity index (χ0n) is 16.7. The van der Waals surface area contributed by atoms with E-state index in [1.54, 1.807) is 35.3 Å². The van der Waals surface area contributed by atoms with Gasteiger partial charge in [0, 0.05) is 12.8 Å². The number of carbonyl (C=O) groups excluding carboxylic acids is 3. The first-order chi connectivity index (χ1) is 15.0. The fourth-order valence-corrected chi connectivity index (χ4v) is 4.18. The van der Waals surface area contributed by atoms with E-state index in [9.17, 15) is 14.4 Å². The molecule has 2 amide bonds. The van der Waals surface area contributed by atoms with Gasteiger partial charge >= 0.3 is 5.97 Å². The summed E-state index contributed by atoms with van der Waals surface area (Å²) in [4.78, 5) is 35.6. The molecule has 0 spiro atoms. The van der Waals surface area contributed by atoms with Crippen LogP contribution in [-0.2, 0) is 27.3 Å². The van der Waals surface area contributed by atoms with E-state index in [4.69, 9.17) is 14.9 Å². The van der Waals surface area contributed by atoms with Crippen LogP contribution in [-0.4, -0.2) is 44.9 Å². The van der Waals surface area contributed by atoms with Crippen molar-refractivity contribution in [3.05, 3.63) is 47.0 Å². The Morgan fingerprint density at radius 2 is 2.16 bits per heavy atom. The quantitative estimate of drug-likeness (QED) is 0.326. The lowest BCUT2D eigenvalue weighted by Gasteiger charge is -2.09. The Kier molecular flexibility index (Phi) is 7.84. The van der Waals surface area contributed by atoms with Crippen LogP contribution in [0.3, 0.4) is 0 Å². The second kappa shape index (κ2) is 10.8. The number of ether oxygens (including phenoxy) is 1. The summed E-state index contributed by atoms with van der Waals surface area (Å²) in [6, 6.07) is 5.19. The zero-order valence-corrected chi connectivity index (χ0v) is 18.3. The number of aryl methyl sites for hydroxylation is 1. The number of carbonyl (C=O) groups is 3. The second-order valence-corrected chi connectivity index (χ2v) is 8.11. The van der Waals surface area contributed by atoms with Crippen LogP contribution in [0.2, 0.25) is 0 Å². The summed E-state index contributed by atoms with van der Waals surface area (Å²) in [6.07, 6.45) is 2.02. The predicted molar refractivity (Wildman–Crippen MR) is 115 cm³/mol. The molecule has 3 rings (SSSR count). The van der Waals surface area contributed by atoms with Gasteiger partial charge in [0.15, 0.2) is 5.16 Å². The van der Waals surface area contributed by atoms with Crippen molar-refractivity contribution in [2.45, 2.75) is 31.5 Å². The third-order valence-electron chi connectivity index (χ3n) is 4.03. The average Bonchev–Trinajstić information content (AvgIpc) is 3.47. The van der Waals surface area contributed by atoms with E-state index in [-0.39, 0.29) is 24.7 Å². The van der Waals surface area contributed by atoms with Crippen molar-refractivity contribution in [3.8, 4) is 0 Å². The standard InChI is InChI=1S/C19H21N5O5S2/c1-2-28-18(27)13-7-9-30-17(13)21-16(26)11-31-19-23-22-15(6-5-14(20)25)24(19)10-12-4-3-8-29-12/h3-4,7-9H,2,5-6,10-11H2,1H3,(H2,20,25)(H,21,26). The van der Waals surface area contributed by atoms with E-state index in [1.165, 1.54) is 23.1 Å². The molecule has 0 aliphatic heterocycles. The number of amides is 2. The minimum atomic E-state index is -0.482. The van der Waals surface area contributed by atoms with Gasteiger partial charge in [-0.3, -0.25) is 14.2 Å². The number of thiophene rings is 1. The highest BCUT2D eigenvalue weighted by molar-refractivity contribution is 7.99. The van der Waals surface area contributed by atoms with Crippen LogP contribution >= 0.6 is 23.1 Å². The lowest BCUT2D eigenvalue weighted by molar-refractivity contribution is -0.118. The fraction of sp³-hybridized carbons (Fsp3) is 0.316. The van der Waals surface area contributed by atoms with Crippen LogP contribution in [0.25, 0.3) is 0 Å². The van der Waals surface area contributed by atoms with Gasteiger partial charge in [-0.25, -0.2) is 4.79 Å². The van der Waals surface area contributed by atoms with Gasteiger partial charge in [0.1, 0.15) is 16.6 Å². The van der Waals surface area contributed by atoms with E-state index in [1.807, 2.05) is 6.07 Å². The summed E-state index contributed by atoms with van der Waals surface area (Å²) >= 11 is 2.43. The first-order valence-electron chi connectivity index (χ1n) is 9.38. The molecule has 31 heavy (non-hydrogen) atoms. The van der Waals surface area contributed by atoms with Crippen molar-refractivity contribution in [3.63, 3.8) is 0 Å². The number of nitrogens with zero attached hydrogens (tertiary/aromatic N) is 3. The normalized spacial score (nSPS) is 10.7. The van der Waals surface area contributed by atoms with Crippen molar-refractivity contribution in [1.29, 1.82) is 0 Å². The summed E-state index contributed by atoms with van der Waals surface area (Å²) < 4.78 is 12.2. The second-order valence-electron chi connectivity index (χ2n) is 6.25. The smallest absolute Gasteiger partial charge is 0.341 e. The molecule has 0 unspecified atom stereocenters. The number of primary amides is 1. The molecular formula is C19H21N5O5S2. The molecule has 0 aliphatic carbocycles. The number of nitrogens with two attached hydrogens (primary N) is 1. The molecule has 3 aromatic heterocycles. The molecule has 0 atom stereocenters. The largest absolute Gasteiger partial charge is 0.467 e. The maximum absolute atomic E-state index is 12.5. The molecule has 0 aromatic carbocycles. The number of furan rings is 1. The van der Waals surface area contributed by atoms with Crippen molar-refractivity contribution < 1.29 is 23.5 Å². The number of thioether (sulfide) groups is 1. The van der Waals surface area contributed by atoms with E-state index >= 15 is 0 Å². The van der Waals surface area contributed by atoms with E-state index in [2.05, 4.69) is 15.5 Å². The highest BCUT2D eigenvalue weighted by atomic mass is 32.2. The molecular weight excluding hydrogens is 442 g/mol. The van der Waals surface area contributed by atoms with Gasteiger partial charge in [-0.1, -0.05) is 11.8 Å². The molecule has 0 bridgehead atoms. The molecule has 3 aromatic rings. The highest BCUT2D eigenvalue weighted by Gasteiger charge is 2.19. The monoisotopic (exact) mass is 463 g/mol. The Bertz CT molecular complexity index is 1040. The number of rotatable bonds is 11. The molecule has 0 saturated heterocycles. The van der Waals surface area contributed by atoms with Crippen LogP contribution in [0.15, 0.2) is 39.4 Å². The first kappa shape index (κ1) is 22.6. The zero-order chi connectivity index (χ0) is 22.2. The number of nitrogens with one attached hydrogen (secondary N) is 1. The Morgan fingerprint density at radius 1 is 1.32 bits per heavy atom. The summed E-state index contributed by atoms with van der Waals surface area (Å²) in [7, 11) is 0. The van der Waals surface area contributed by atoms with Gasteiger partial charge in [0.2, 0.25) is 11.8 Å². The van der Waals surface area contributed by atoms with Crippen molar-refractivity contribution in [2.24, 2.45) is 5.73 Å². The molecule has 0 saturated carbocycles. The number of anilines is 1. The summed E-state index contributed by atoms with van der Waals surface area (Å²) in [5.74, 6) is 0.0828. The van der Waals surface area contributed by atoms with Gasteiger partial charge in [-0.15, -0.1) is 21.5 Å². The topological polar surface area (TPSA) is 142 Å². The average molecular weight is 464 g/mol. The molecule has 0 aliphatic rings. The maximum atomic E-state index is 12.5. The third kappa shape index (κ3) is 6.18. The lowest BCUT2D eigenvalue weighted by Crippen LogP contribution is -2.17. The van der Waals surface area contributed by atoms with Crippen LogP contribution < -0.4 is 11.1 Å². The van der Waals surface area contributed by atoms with Gasteiger partial charge in [0.25, 0.3) is 0 Å². The van der Waals surface area contributed by atoms with Crippen LogP contribution in [0.4, 0.5) is 5.00 Å². The van der Waals surface area contributed by atoms with Crippen LogP contribution in [0.5, 0.6) is 0 Å². The molecule has 0 radical (unpaired) electrons. The summed E-state index contributed by atoms with van der Waals surface area (Å²) in [6.45, 7) is 2.33. The van der Waals surface area contributed by atoms with Crippen molar-refractivity contribution >= 4 is 45.9 Å². The highest BCUT2D eigenvalue weighted by Crippen LogP contribution is 2.25. The van der Waals surface area contributed by atoms with Gasteiger partial charge in [0.05, 0.1) is 30.7 Å². The summed E-state index contributed by atoms with van der Waals surface area (Å²) in [5.41, 5.74) is 5.56. The first-order valence-corrected chi connectivity index (χ1v) is 11.2. The molecule has 12 heteroatoms. The van der Waals surface area contributed by atoms with E-state index < -0.39 is 11.9 Å². The van der Waals surface area contributed by atoms with Crippen molar-refractivity contribution in [2.75, 3.05) is 17.7 Å². The van der Waals surface area contributed by atoms with Gasteiger partial charge in [-0.2, -0.15) is 0 Å². The van der Waals surface area contributed by atoms with Gasteiger partial charge < -0.3 is 20.2 Å². The SMILES string of the molecule is CCOC(=O)c1ccsc1NC(=O)CSc1nnc(CCC(N)=O)n1Cc1ccco1. The number of hydrogen-bond donors (Lipinski definition) is 2.